The molecule has 3 N–H and O–H groups in total. The molecule has 6 heteroatoms. The number of aromatic nitrogens is 1. The minimum absolute atomic E-state index is 0.182. The minimum atomic E-state index is -0.810. The molecule has 2 rings (SSSR count). The van der Waals surface area contributed by atoms with Crippen molar-refractivity contribution in [2.45, 2.75) is 38.6 Å². The van der Waals surface area contributed by atoms with E-state index in [4.69, 9.17) is 0 Å². The highest BCUT2D eigenvalue weighted by atomic mass is 16.4. The number of carboxylic acid groups (broad SMARTS) is 1. The van der Waals surface area contributed by atoms with Crippen LogP contribution in [0.1, 0.15) is 37.7 Å². The standard InChI is InChI=1S/C15H21N3O3/c19-13(20)15(6-2-1-3-7-15)11-18-14(21)17-10-12-5-4-8-16-9-12/h4-5,8-9H,1-3,6-7,10-11H2,(H,19,20)(H2,17,18,21). The lowest BCUT2D eigenvalue weighted by Crippen LogP contribution is -2.47. The Morgan fingerprint density at radius 2 is 2.00 bits per heavy atom. The van der Waals surface area contributed by atoms with Crippen molar-refractivity contribution in [1.29, 1.82) is 0 Å². The van der Waals surface area contributed by atoms with Crippen LogP contribution < -0.4 is 10.6 Å². The van der Waals surface area contributed by atoms with Gasteiger partial charge in [-0.1, -0.05) is 25.3 Å². The van der Waals surface area contributed by atoms with Gasteiger partial charge in [-0.3, -0.25) is 9.78 Å². The van der Waals surface area contributed by atoms with Crippen LogP contribution in [0.3, 0.4) is 0 Å². The molecule has 1 aliphatic rings. The summed E-state index contributed by atoms with van der Waals surface area (Å²) in [6.45, 7) is 0.556. The summed E-state index contributed by atoms with van der Waals surface area (Å²) < 4.78 is 0. The topological polar surface area (TPSA) is 91.3 Å². The Kier molecular flexibility index (Phi) is 5.14. The van der Waals surface area contributed by atoms with E-state index in [1.54, 1.807) is 18.5 Å². The smallest absolute Gasteiger partial charge is 0.315 e. The lowest BCUT2D eigenvalue weighted by Gasteiger charge is -2.33. The van der Waals surface area contributed by atoms with Crippen molar-refractivity contribution in [3.8, 4) is 0 Å². The van der Waals surface area contributed by atoms with E-state index < -0.39 is 11.4 Å². The van der Waals surface area contributed by atoms with Crippen LogP contribution in [0.25, 0.3) is 0 Å². The molecule has 1 aromatic rings. The average molecular weight is 291 g/mol. The number of pyridine rings is 1. The van der Waals surface area contributed by atoms with Gasteiger partial charge in [0.1, 0.15) is 0 Å². The molecule has 0 atom stereocenters. The third-order valence-electron chi connectivity index (χ3n) is 4.03. The molecule has 1 aliphatic carbocycles. The van der Waals surface area contributed by atoms with E-state index in [1.165, 1.54) is 0 Å². The number of hydrogen-bond acceptors (Lipinski definition) is 3. The van der Waals surface area contributed by atoms with Crippen LogP contribution in [-0.2, 0) is 11.3 Å². The summed E-state index contributed by atoms with van der Waals surface area (Å²) in [5.41, 5.74) is 0.0995. The van der Waals surface area contributed by atoms with Crippen LogP contribution in [0.4, 0.5) is 4.79 Å². The number of hydrogen-bond donors (Lipinski definition) is 3. The SMILES string of the molecule is O=C(NCc1cccnc1)NCC1(C(=O)O)CCCCC1. The predicted octanol–water partition coefficient (Wildman–Crippen LogP) is 1.92. The number of rotatable bonds is 5. The van der Waals surface area contributed by atoms with Crippen molar-refractivity contribution in [2.24, 2.45) is 5.41 Å². The normalized spacial score (nSPS) is 17.0. The summed E-state index contributed by atoms with van der Waals surface area (Å²) in [5, 5.41) is 14.8. The van der Waals surface area contributed by atoms with Crippen molar-refractivity contribution in [3.63, 3.8) is 0 Å². The Bertz CT molecular complexity index is 484. The molecule has 114 valence electrons. The highest BCUT2D eigenvalue weighted by molar-refractivity contribution is 5.78. The van der Waals surface area contributed by atoms with Gasteiger partial charge in [-0.25, -0.2) is 4.79 Å². The van der Waals surface area contributed by atoms with Crippen molar-refractivity contribution in [3.05, 3.63) is 30.1 Å². The molecule has 2 amide bonds. The quantitative estimate of drug-likeness (QED) is 0.773. The van der Waals surface area contributed by atoms with Gasteiger partial charge in [0.25, 0.3) is 0 Å². The van der Waals surface area contributed by atoms with Gasteiger partial charge in [0.15, 0.2) is 0 Å². The Morgan fingerprint density at radius 1 is 1.24 bits per heavy atom. The third kappa shape index (κ3) is 4.18. The van der Waals surface area contributed by atoms with Crippen molar-refractivity contribution >= 4 is 12.0 Å². The number of urea groups is 1. The van der Waals surface area contributed by atoms with E-state index >= 15 is 0 Å². The van der Waals surface area contributed by atoms with Crippen LogP contribution in [0, 0.1) is 5.41 Å². The second kappa shape index (κ2) is 7.06. The summed E-state index contributed by atoms with van der Waals surface area (Å²) in [6, 6.07) is 3.33. The maximum atomic E-state index is 11.8. The summed E-state index contributed by atoms with van der Waals surface area (Å²) in [7, 11) is 0. The second-order valence-electron chi connectivity index (χ2n) is 5.54. The van der Waals surface area contributed by atoms with Gasteiger partial charge in [0.2, 0.25) is 0 Å². The van der Waals surface area contributed by atoms with Gasteiger partial charge in [-0.05, 0) is 24.5 Å². The highest BCUT2D eigenvalue weighted by Gasteiger charge is 2.39. The Morgan fingerprint density at radius 3 is 2.62 bits per heavy atom. The molecule has 21 heavy (non-hydrogen) atoms. The van der Waals surface area contributed by atoms with Crippen LogP contribution in [0.2, 0.25) is 0 Å². The first-order chi connectivity index (χ1) is 10.1. The number of nitrogens with zero attached hydrogens (tertiary/aromatic N) is 1. The van der Waals surface area contributed by atoms with E-state index in [2.05, 4.69) is 15.6 Å². The van der Waals surface area contributed by atoms with Crippen LogP contribution in [0.15, 0.2) is 24.5 Å². The molecule has 1 fully saturated rings. The van der Waals surface area contributed by atoms with Crippen molar-refractivity contribution in [1.82, 2.24) is 15.6 Å². The second-order valence-corrected chi connectivity index (χ2v) is 5.54. The molecule has 6 nitrogen and oxygen atoms in total. The molecule has 0 saturated heterocycles. The maximum Gasteiger partial charge on any atom is 0.315 e. The van der Waals surface area contributed by atoms with Gasteiger partial charge in [0.05, 0.1) is 5.41 Å². The van der Waals surface area contributed by atoms with Crippen LogP contribution in [-0.4, -0.2) is 28.6 Å². The first-order valence-corrected chi connectivity index (χ1v) is 7.26. The molecule has 0 aromatic carbocycles. The monoisotopic (exact) mass is 291 g/mol. The number of nitrogens with one attached hydrogen (secondary N) is 2. The fourth-order valence-corrected chi connectivity index (χ4v) is 2.69. The lowest BCUT2D eigenvalue weighted by atomic mass is 9.74. The highest BCUT2D eigenvalue weighted by Crippen LogP contribution is 2.35. The summed E-state index contributed by atoms with van der Waals surface area (Å²) in [6.07, 6.45) is 7.50. The molecule has 0 aliphatic heterocycles. The first kappa shape index (κ1) is 15.3. The van der Waals surface area contributed by atoms with Gasteiger partial charge in [-0.2, -0.15) is 0 Å². The molecular weight excluding hydrogens is 270 g/mol. The minimum Gasteiger partial charge on any atom is -0.481 e. The van der Waals surface area contributed by atoms with Gasteiger partial charge in [-0.15, -0.1) is 0 Å². The first-order valence-electron chi connectivity index (χ1n) is 7.26. The Labute approximate surface area is 124 Å². The maximum absolute atomic E-state index is 11.8. The zero-order valence-electron chi connectivity index (χ0n) is 12.0. The van der Waals surface area contributed by atoms with E-state index in [0.717, 1.165) is 24.8 Å². The van der Waals surface area contributed by atoms with E-state index in [1.807, 2.05) is 6.07 Å². The van der Waals surface area contributed by atoms with Gasteiger partial charge in [0, 0.05) is 25.5 Å². The molecule has 0 unspecified atom stereocenters. The largest absolute Gasteiger partial charge is 0.481 e. The molecule has 0 spiro atoms. The van der Waals surface area contributed by atoms with E-state index in [-0.39, 0.29) is 12.6 Å². The fraction of sp³-hybridized carbons (Fsp3) is 0.533. The third-order valence-corrected chi connectivity index (χ3v) is 4.03. The number of carboxylic acids is 1. The zero-order chi connectivity index (χ0) is 15.1. The van der Waals surface area contributed by atoms with Crippen molar-refractivity contribution in [2.75, 3.05) is 6.54 Å². The van der Waals surface area contributed by atoms with Crippen LogP contribution in [0.5, 0.6) is 0 Å². The number of amides is 2. The average Bonchev–Trinajstić information content (AvgIpc) is 2.52. The molecule has 1 aromatic heterocycles. The molecule has 1 saturated carbocycles. The summed E-state index contributed by atoms with van der Waals surface area (Å²) in [5.74, 6) is -0.810. The van der Waals surface area contributed by atoms with E-state index in [0.29, 0.717) is 19.4 Å². The number of aliphatic carboxylic acids is 1. The van der Waals surface area contributed by atoms with Gasteiger partial charge < -0.3 is 15.7 Å². The molecule has 0 radical (unpaired) electrons. The molecular formula is C15H21N3O3. The van der Waals surface area contributed by atoms with Crippen molar-refractivity contribution < 1.29 is 14.7 Å². The predicted molar refractivity (Wildman–Crippen MR) is 77.6 cm³/mol. The summed E-state index contributed by atoms with van der Waals surface area (Å²) >= 11 is 0. The number of carbonyl (C=O) groups excluding carboxylic acids is 1. The molecule has 0 bridgehead atoms. The molecule has 1 heterocycles. The Hall–Kier alpha value is -2.11. The Balaban J connectivity index is 1.80. The summed E-state index contributed by atoms with van der Waals surface area (Å²) in [4.78, 5) is 27.2. The number of carbonyl (C=O) groups is 2. The van der Waals surface area contributed by atoms with E-state index in [9.17, 15) is 14.7 Å². The zero-order valence-corrected chi connectivity index (χ0v) is 12.0. The lowest BCUT2D eigenvalue weighted by molar-refractivity contribution is -0.150. The van der Waals surface area contributed by atoms with Gasteiger partial charge >= 0.3 is 12.0 Å². The fourth-order valence-electron chi connectivity index (χ4n) is 2.69. The van der Waals surface area contributed by atoms with Crippen LogP contribution >= 0.6 is 0 Å².